The zero-order valence-corrected chi connectivity index (χ0v) is 9.58. The predicted molar refractivity (Wildman–Crippen MR) is 59.5 cm³/mol. The fourth-order valence-corrected chi connectivity index (χ4v) is 3.87. The summed E-state index contributed by atoms with van der Waals surface area (Å²) in [5.41, 5.74) is 5.52. The lowest BCUT2D eigenvalue weighted by atomic mass is 9.61. The van der Waals surface area contributed by atoms with Gasteiger partial charge in [0.15, 0.2) is 0 Å². The Labute approximate surface area is 91.6 Å². The van der Waals surface area contributed by atoms with Gasteiger partial charge < -0.3 is 15.7 Å². The quantitative estimate of drug-likeness (QED) is 0.675. The third-order valence-electron chi connectivity index (χ3n) is 5.30. The zero-order valence-electron chi connectivity index (χ0n) is 9.58. The van der Waals surface area contributed by atoms with Crippen LogP contribution in [0.3, 0.4) is 0 Å². The van der Waals surface area contributed by atoms with E-state index in [2.05, 4.69) is 11.9 Å². The van der Waals surface area contributed by atoms with Gasteiger partial charge in [-0.2, -0.15) is 0 Å². The maximum absolute atomic E-state index is 10.8. The Morgan fingerprint density at radius 3 is 2.13 bits per heavy atom. The van der Waals surface area contributed by atoms with E-state index in [0.29, 0.717) is 12.1 Å². The lowest BCUT2D eigenvalue weighted by Gasteiger charge is -2.55. The molecule has 0 radical (unpaired) electrons. The van der Waals surface area contributed by atoms with Gasteiger partial charge in [0.2, 0.25) is 0 Å². The van der Waals surface area contributed by atoms with Crippen LogP contribution in [0.25, 0.3) is 0 Å². The molecule has 1 saturated carbocycles. The monoisotopic (exact) mass is 210 g/mol. The third kappa shape index (κ3) is 1.23. The SMILES string of the molecule is CN1C2CCC1CC(O)(C1(N)CCC1)C2. The van der Waals surface area contributed by atoms with Crippen molar-refractivity contribution in [3.05, 3.63) is 0 Å². The van der Waals surface area contributed by atoms with Gasteiger partial charge in [0, 0.05) is 17.6 Å². The Morgan fingerprint density at radius 1 is 1.20 bits per heavy atom. The summed E-state index contributed by atoms with van der Waals surface area (Å²) in [5.74, 6) is 0. The molecule has 3 fully saturated rings. The third-order valence-corrected chi connectivity index (χ3v) is 5.30. The van der Waals surface area contributed by atoms with Crippen LogP contribution >= 0.6 is 0 Å². The van der Waals surface area contributed by atoms with Gasteiger partial charge >= 0.3 is 0 Å². The lowest BCUT2D eigenvalue weighted by Crippen LogP contribution is -2.68. The second kappa shape index (κ2) is 2.96. The molecule has 15 heavy (non-hydrogen) atoms. The first-order valence-corrected chi connectivity index (χ1v) is 6.27. The van der Waals surface area contributed by atoms with E-state index in [4.69, 9.17) is 5.73 Å². The Morgan fingerprint density at radius 2 is 1.73 bits per heavy atom. The fraction of sp³-hybridized carbons (Fsp3) is 1.00. The van der Waals surface area contributed by atoms with Crippen LogP contribution in [0.2, 0.25) is 0 Å². The van der Waals surface area contributed by atoms with Gasteiger partial charge in [-0.15, -0.1) is 0 Å². The molecule has 2 bridgehead atoms. The molecule has 2 heterocycles. The molecule has 2 unspecified atom stereocenters. The maximum atomic E-state index is 10.8. The summed E-state index contributed by atoms with van der Waals surface area (Å²) in [7, 11) is 2.20. The molecule has 86 valence electrons. The Bertz CT molecular complexity index is 261. The second-order valence-corrected chi connectivity index (χ2v) is 6.00. The molecular weight excluding hydrogens is 188 g/mol. The summed E-state index contributed by atoms with van der Waals surface area (Å²) in [6.07, 6.45) is 7.54. The highest BCUT2D eigenvalue weighted by atomic mass is 16.3. The van der Waals surface area contributed by atoms with E-state index in [9.17, 15) is 5.11 Å². The minimum atomic E-state index is -0.566. The molecule has 0 amide bonds. The number of nitrogens with zero attached hydrogens (tertiary/aromatic N) is 1. The van der Waals surface area contributed by atoms with Crippen molar-refractivity contribution in [2.24, 2.45) is 5.73 Å². The van der Waals surface area contributed by atoms with Crippen LogP contribution < -0.4 is 5.73 Å². The number of hydrogen-bond acceptors (Lipinski definition) is 3. The number of nitrogens with two attached hydrogens (primary N) is 1. The second-order valence-electron chi connectivity index (χ2n) is 6.00. The average Bonchev–Trinajstić information content (AvgIpc) is 2.39. The topological polar surface area (TPSA) is 49.5 Å². The Hall–Kier alpha value is -0.120. The molecule has 1 aliphatic carbocycles. The molecule has 2 saturated heterocycles. The van der Waals surface area contributed by atoms with Gasteiger partial charge in [0.25, 0.3) is 0 Å². The smallest absolute Gasteiger partial charge is 0.0856 e. The standard InChI is InChI=1S/C12H22N2O/c1-14-9-3-4-10(14)8-12(15,7-9)11(13)5-2-6-11/h9-10,15H,2-8,13H2,1H3. The van der Waals surface area contributed by atoms with Crippen molar-refractivity contribution in [2.75, 3.05) is 7.05 Å². The van der Waals surface area contributed by atoms with E-state index >= 15 is 0 Å². The van der Waals surface area contributed by atoms with Gasteiger partial charge in [-0.25, -0.2) is 0 Å². The molecule has 0 aromatic carbocycles. The summed E-state index contributed by atoms with van der Waals surface area (Å²) in [4.78, 5) is 2.45. The molecule has 2 atom stereocenters. The van der Waals surface area contributed by atoms with E-state index in [1.807, 2.05) is 0 Å². The minimum absolute atomic E-state index is 0.255. The maximum Gasteiger partial charge on any atom is 0.0856 e. The number of rotatable bonds is 1. The van der Waals surface area contributed by atoms with Crippen LogP contribution in [0.15, 0.2) is 0 Å². The van der Waals surface area contributed by atoms with Gasteiger partial charge in [-0.05, 0) is 52.0 Å². The van der Waals surface area contributed by atoms with Crippen LogP contribution in [-0.4, -0.2) is 40.3 Å². The molecule has 0 aromatic heterocycles. The van der Waals surface area contributed by atoms with E-state index in [0.717, 1.165) is 25.7 Å². The summed E-state index contributed by atoms with van der Waals surface area (Å²) >= 11 is 0. The highest BCUT2D eigenvalue weighted by molar-refractivity contribution is 5.14. The van der Waals surface area contributed by atoms with Crippen LogP contribution in [0.5, 0.6) is 0 Å². The summed E-state index contributed by atoms with van der Waals surface area (Å²) in [6.45, 7) is 0. The highest BCUT2D eigenvalue weighted by Gasteiger charge is 2.57. The number of piperidine rings is 1. The summed E-state index contributed by atoms with van der Waals surface area (Å²) in [6, 6.07) is 1.16. The first-order chi connectivity index (χ1) is 7.04. The number of hydrogen-bond donors (Lipinski definition) is 2. The van der Waals surface area contributed by atoms with E-state index < -0.39 is 5.60 Å². The van der Waals surface area contributed by atoms with Crippen molar-refractivity contribution >= 4 is 0 Å². The Balaban J connectivity index is 1.83. The van der Waals surface area contributed by atoms with Crippen LogP contribution in [0.1, 0.15) is 44.9 Å². The van der Waals surface area contributed by atoms with Gasteiger partial charge in [0.1, 0.15) is 0 Å². The molecular formula is C12H22N2O. The van der Waals surface area contributed by atoms with E-state index in [1.165, 1.54) is 19.3 Å². The molecule has 2 aliphatic heterocycles. The molecule has 3 heteroatoms. The molecule has 3 aliphatic rings. The van der Waals surface area contributed by atoms with Gasteiger partial charge in [-0.1, -0.05) is 0 Å². The molecule has 3 nitrogen and oxygen atoms in total. The number of aliphatic hydroxyl groups is 1. The van der Waals surface area contributed by atoms with Crippen LogP contribution in [-0.2, 0) is 0 Å². The first kappa shape index (κ1) is 10.1. The van der Waals surface area contributed by atoms with Crippen molar-refractivity contribution in [3.8, 4) is 0 Å². The van der Waals surface area contributed by atoms with Gasteiger partial charge in [0.05, 0.1) is 5.60 Å². The molecule has 3 rings (SSSR count). The van der Waals surface area contributed by atoms with Crippen molar-refractivity contribution < 1.29 is 5.11 Å². The van der Waals surface area contributed by atoms with E-state index in [-0.39, 0.29) is 5.54 Å². The minimum Gasteiger partial charge on any atom is -0.388 e. The molecule has 0 spiro atoms. The van der Waals surface area contributed by atoms with Crippen molar-refractivity contribution in [1.82, 2.24) is 4.90 Å². The Kier molecular flexibility index (Phi) is 1.99. The zero-order chi connectivity index (χ0) is 10.7. The van der Waals surface area contributed by atoms with E-state index in [1.54, 1.807) is 0 Å². The van der Waals surface area contributed by atoms with Crippen molar-refractivity contribution in [2.45, 2.75) is 68.2 Å². The van der Waals surface area contributed by atoms with Crippen LogP contribution in [0, 0.1) is 0 Å². The van der Waals surface area contributed by atoms with Crippen molar-refractivity contribution in [1.29, 1.82) is 0 Å². The summed E-state index contributed by atoms with van der Waals surface area (Å²) in [5, 5.41) is 10.8. The summed E-state index contributed by atoms with van der Waals surface area (Å²) < 4.78 is 0. The van der Waals surface area contributed by atoms with Gasteiger partial charge in [-0.3, -0.25) is 0 Å². The fourth-order valence-electron chi connectivity index (χ4n) is 3.87. The van der Waals surface area contributed by atoms with Crippen molar-refractivity contribution in [3.63, 3.8) is 0 Å². The molecule has 3 N–H and O–H groups in total. The largest absolute Gasteiger partial charge is 0.388 e. The first-order valence-electron chi connectivity index (χ1n) is 6.27. The lowest BCUT2D eigenvalue weighted by molar-refractivity contribution is -0.122. The predicted octanol–water partition coefficient (Wildman–Crippen LogP) is 0.855. The number of fused-ring (bicyclic) bond motifs is 2. The normalized spacial score (nSPS) is 49.0. The average molecular weight is 210 g/mol. The van der Waals surface area contributed by atoms with Crippen LogP contribution in [0.4, 0.5) is 0 Å². The highest BCUT2D eigenvalue weighted by Crippen LogP contribution is 2.49. The molecule has 0 aromatic rings.